The standard InChI is InChI=1S/C19H19N5OS/c1-13-10-14-6-3-4-8-16(14)24(13)17(25)12-26-19-22-21-18(23(19)2)15-7-5-9-20-11-15/h3-9,11,13H,10,12H2,1-2H3/t13-/m1/s1. The van der Waals surface area contributed by atoms with Crippen LogP contribution in [0, 0.1) is 0 Å². The second-order valence-corrected chi connectivity index (χ2v) is 7.28. The van der Waals surface area contributed by atoms with Crippen molar-refractivity contribution in [1.29, 1.82) is 0 Å². The summed E-state index contributed by atoms with van der Waals surface area (Å²) < 4.78 is 1.90. The number of thioether (sulfide) groups is 1. The van der Waals surface area contributed by atoms with Crippen LogP contribution in [0.3, 0.4) is 0 Å². The Balaban J connectivity index is 1.48. The van der Waals surface area contributed by atoms with Gasteiger partial charge in [-0.1, -0.05) is 30.0 Å². The number of amides is 1. The van der Waals surface area contributed by atoms with E-state index in [1.165, 1.54) is 17.3 Å². The third-order valence-corrected chi connectivity index (χ3v) is 5.56. The zero-order chi connectivity index (χ0) is 18.1. The number of para-hydroxylation sites is 1. The average Bonchev–Trinajstić information content (AvgIpc) is 3.19. The maximum Gasteiger partial charge on any atom is 0.237 e. The van der Waals surface area contributed by atoms with Crippen LogP contribution >= 0.6 is 11.8 Å². The van der Waals surface area contributed by atoms with E-state index in [0.29, 0.717) is 5.75 Å². The lowest BCUT2D eigenvalue weighted by atomic mass is 10.1. The highest BCUT2D eigenvalue weighted by atomic mass is 32.2. The largest absolute Gasteiger partial charge is 0.308 e. The zero-order valence-corrected chi connectivity index (χ0v) is 15.5. The Hall–Kier alpha value is -2.67. The van der Waals surface area contributed by atoms with Crippen molar-refractivity contribution in [1.82, 2.24) is 19.7 Å². The van der Waals surface area contributed by atoms with Crippen LogP contribution in [-0.2, 0) is 18.3 Å². The minimum atomic E-state index is 0.0957. The molecule has 1 amide bonds. The Bertz CT molecular complexity index is 940. The fourth-order valence-corrected chi connectivity index (χ4v) is 4.10. The Labute approximate surface area is 156 Å². The van der Waals surface area contributed by atoms with Gasteiger partial charge in [0.15, 0.2) is 11.0 Å². The zero-order valence-electron chi connectivity index (χ0n) is 14.7. The molecule has 3 heterocycles. The summed E-state index contributed by atoms with van der Waals surface area (Å²) in [4.78, 5) is 18.8. The molecule has 0 radical (unpaired) electrons. The number of aromatic nitrogens is 4. The van der Waals surface area contributed by atoms with Crippen molar-refractivity contribution in [2.45, 2.75) is 24.5 Å². The third-order valence-electron chi connectivity index (χ3n) is 4.56. The number of pyridine rings is 1. The van der Waals surface area contributed by atoms with Gasteiger partial charge in [-0.15, -0.1) is 10.2 Å². The van der Waals surface area contributed by atoms with Gasteiger partial charge in [-0.25, -0.2) is 0 Å². The van der Waals surface area contributed by atoms with Gasteiger partial charge in [-0.05, 0) is 37.1 Å². The van der Waals surface area contributed by atoms with E-state index in [0.717, 1.165) is 28.7 Å². The predicted molar refractivity (Wildman–Crippen MR) is 102 cm³/mol. The van der Waals surface area contributed by atoms with Gasteiger partial charge in [-0.2, -0.15) is 0 Å². The summed E-state index contributed by atoms with van der Waals surface area (Å²) >= 11 is 1.41. The van der Waals surface area contributed by atoms with E-state index in [4.69, 9.17) is 0 Å². The number of nitrogens with zero attached hydrogens (tertiary/aromatic N) is 5. The number of benzene rings is 1. The Morgan fingerprint density at radius 3 is 2.88 bits per heavy atom. The molecule has 0 N–H and O–H groups in total. The molecule has 1 aliphatic heterocycles. The van der Waals surface area contributed by atoms with Crippen molar-refractivity contribution in [2.75, 3.05) is 10.7 Å². The lowest BCUT2D eigenvalue weighted by molar-refractivity contribution is -0.116. The van der Waals surface area contributed by atoms with Crippen molar-refractivity contribution < 1.29 is 4.79 Å². The van der Waals surface area contributed by atoms with Crippen LogP contribution in [0.4, 0.5) is 5.69 Å². The van der Waals surface area contributed by atoms with Gasteiger partial charge in [0.1, 0.15) is 0 Å². The molecule has 6 nitrogen and oxygen atoms in total. The lowest BCUT2D eigenvalue weighted by Gasteiger charge is -2.22. The molecule has 132 valence electrons. The van der Waals surface area contributed by atoms with Crippen molar-refractivity contribution in [3.05, 3.63) is 54.4 Å². The van der Waals surface area contributed by atoms with Gasteiger partial charge in [0.05, 0.1) is 5.75 Å². The number of anilines is 1. The SMILES string of the molecule is C[C@@H]1Cc2ccccc2N1C(=O)CSc1nnc(-c2cccnc2)n1C. The van der Waals surface area contributed by atoms with E-state index in [1.54, 1.807) is 12.4 Å². The molecule has 0 unspecified atom stereocenters. The van der Waals surface area contributed by atoms with E-state index in [-0.39, 0.29) is 11.9 Å². The lowest BCUT2D eigenvalue weighted by Crippen LogP contribution is -2.37. The number of carbonyl (C=O) groups is 1. The molecule has 1 aliphatic rings. The second kappa shape index (κ2) is 6.92. The molecule has 0 fully saturated rings. The topological polar surface area (TPSA) is 63.9 Å². The summed E-state index contributed by atoms with van der Waals surface area (Å²) in [6.45, 7) is 2.09. The summed E-state index contributed by atoms with van der Waals surface area (Å²) in [5, 5.41) is 9.19. The minimum absolute atomic E-state index is 0.0957. The first-order valence-electron chi connectivity index (χ1n) is 8.47. The van der Waals surface area contributed by atoms with Crippen LogP contribution in [0.15, 0.2) is 53.9 Å². The molecule has 1 atom stereocenters. The number of fused-ring (bicyclic) bond motifs is 1. The van der Waals surface area contributed by atoms with Crippen molar-refractivity contribution in [3.8, 4) is 11.4 Å². The Kier molecular flexibility index (Phi) is 4.46. The molecule has 0 saturated heterocycles. The predicted octanol–water partition coefficient (Wildman–Crippen LogP) is 2.95. The summed E-state index contributed by atoms with van der Waals surface area (Å²) in [7, 11) is 1.91. The van der Waals surface area contributed by atoms with Gasteiger partial charge in [0, 0.05) is 36.7 Å². The van der Waals surface area contributed by atoms with Crippen LogP contribution in [0.1, 0.15) is 12.5 Å². The molecule has 2 aromatic heterocycles. The summed E-state index contributed by atoms with van der Waals surface area (Å²) in [6.07, 6.45) is 4.39. The highest BCUT2D eigenvalue weighted by Crippen LogP contribution is 2.33. The van der Waals surface area contributed by atoms with Gasteiger partial charge in [0.25, 0.3) is 0 Å². The third kappa shape index (κ3) is 2.99. The van der Waals surface area contributed by atoms with Gasteiger partial charge in [0.2, 0.25) is 5.91 Å². The average molecular weight is 365 g/mol. The molecule has 7 heteroatoms. The van der Waals surface area contributed by atoms with E-state index < -0.39 is 0 Å². The van der Waals surface area contributed by atoms with Crippen LogP contribution in [0.5, 0.6) is 0 Å². The molecular weight excluding hydrogens is 346 g/mol. The normalized spacial score (nSPS) is 15.9. The van der Waals surface area contributed by atoms with E-state index in [2.05, 4.69) is 28.2 Å². The van der Waals surface area contributed by atoms with E-state index in [9.17, 15) is 4.79 Å². The van der Waals surface area contributed by atoms with E-state index in [1.807, 2.05) is 46.8 Å². The molecule has 0 aliphatic carbocycles. The highest BCUT2D eigenvalue weighted by Gasteiger charge is 2.30. The number of hydrogen-bond donors (Lipinski definition) is 0. The van der Waals surface area contributed by atoms with Gasteiger partial charge >= 0.3 is 0 Å². The number of rotatable bonds is 4. The summed E-state index contributed by atoms with van der Waals surface area (Å²) in [5.74, 6) is 1.17. The highest BCUT2D eigenvalue weighted by molar-refractivity contribution is 7.99. The minimum Gasteiger partial charge on any atom is -0.308 e. The fourth-order valence-electron chi connectivity index (χ4n) is 3.33. The first-order chi connectivity index (χ1) is 12.6. The summed E-state index contributed by atoms with van der Waals surface area (Å²) in [6, 6.07) is 12.1. The van der Waals surface area contributed by atoms with Crippen molar-refractivity contribution in [3.63, 3.8) is 0 Å². The molecule has 3 aromatic rings. The van der Waals surface area contributed by atoms with Crippen LogP contribution in [0.2, 0.25) is 0 Å². The van der Waals surface area contributed by atoms with Crippen molar-refractivity contribution in [2.24, 2.45) is 7.05 Å². The first-order valence-corrected chi connectivity index (χ1v) is 9.46. The van der Waals surface area contributed by atoms with E-state index >= 15 is 0 Å². The monoisotopic (exact) mass is 365 g/mol. The number of carbonyl (C=O) groups excluding carboxylic acids is 1. The van der Waals surface area contributed by atoms with Crippen molar-refractivity contribution >= 4 is 23.4 Å². The molecule has 0 saturated carbocycles. The van der Waals surface area contributed by atoms with Gasteiger partial charge < -0.3 is 9.47 Å². The van der Waals surface area contributed by atoms with Crippen LogP contribution < -0.4 is 4.90 Å². The Morgan fingerprint density at radius 1 is 1.23 bits per heavy atom. The molecule has 0 spiro atoms. The van der Waals surface area contributed by atoms with Gasteiger partial charge in [-0.3, -0.25) is 9.78 Å². The smallest absolute Gasteiger partial charge is 0.237 e. The maximum absolute atomic E-state index is 12.8. The van der Waals surface area contributed by atoms with Crippen LogP contribution in [0.25, 0.3) is 11.4 Å². The second-order valence-electron chi connectivity index (χ2n) is 6.34. The molecule has 26 heavy (non-hydrogen) atoms. The molecular formula is C19H19N5OS. The maximum atomic E-state index is 12.8. The fraction of sp³-hybridized carbons (Fsp3) is 0.263. The first kappa shape index (κ1) is 16.8. The molecule has 0 bridgehead atoms. The Morgan fingerprint density at radius 2 is 2.08 bits per heavy atom. The summed E-state index contributed by atoms with van der Waals surface area (Å²) in [5.41, 5.74) is 3.17. The molecule has 1 aromatic carbocycles. The molecule has 4 rings (SSSR count). The van der Waals surface area contributed by atoms with Crippen LogP contribution in [-0.4, -0.2) is 37.5 Å². The quantitative estimate of drug-likeness (QED) is 0.665. The number of hydrogen-bond acceptors (Lipinski definition) is 5.